The first-order valence-electron chi connectivity index (χ1n) is 8.46. The molecule has 132 valence electrons. The van der Waals surface area contributed by atoms with E-state index in [1.807, 2.05) is 31.2 Å². The first kappa shape index (κ1) is 17.6. The molecular formula is C20H23FN2O2. The number of rotatable bonds is 5. The largest absolute Gasteiger partial charge is 0.392 e. The highest BCUT2D eigenvalue weighted by atomic mass is 19.1. The third-order valence-corrected chi connectivity index (χ3v) is 4.90. The second kappa shape index (κ2) is 7.33. The fourth-order valence-corrected chi connectivity index (χ4v) is 3.51. The maximum absolute atomic E-state index is 13.2. The number of amides is 1. The highest BCUT2D eigenvalue weighted by Crippen LogP contribution is 2.33. The van der Waals surface area contributed by atoms with Crippen molar-refractivity contribution in [3.05, 3.63) is 71.0 Å². The summed E-state index contributed by atoms with van der Waals surface area (Å²) < 4.78 is 13.2. The summed E-state index contributed by atoms with van der Waals surface area (Å²) >= 11 is 0. The lowest BCUT2D eigenvalue weighted by molar-refractivity contribution is -0.127. The molecule has 1 fully saturated rings. The summed E-state index contributed by atoms with van der Waals surface area (Å²) in [5, 5.41) is 12.8. The van der Waals surface area contributed by atoms with Crippen LogP contribution in [-0.2, 0) is 11.4 Å². The van der Waals surface area contributed by atoms with Crippen molar-refractivity contribution in [2.75, 3.05) is 7.05 Å². The molecule has 0 aromatic heterocycles. The fourth-order valence-electron chi connectivity index (χ4n) is 3.51. The molecule has 1 aliphatic heterocycles. The first-order chi connectivity index (χ1) is 12.0. The summed E-state index contributed by atoms with van der Waals surface area (Å²) in [6.07, 6.45) is 0.405. The Morgan fingerprint density at radius 3 is 2.68 bits per heavy atom. The third kappa shape index (κ3) is 3.72. The van der Waals surface area contributed by atoms with Gasteiger partial charge in [-0.3, -0.25) is 4.79 Å². The molecule has 5 heteroatoms. The minimum atomic E-state index is -0.283. The highest BCUT2D eigenvalue weighted by Gasteiger charge is 2.39. The molecule has 3 rings (SSSR count). The van der Waals surface area contributed by atoms with Crippen molar-refractivity contribution in [2.24, 2.45) is 0 Å². The minimum absolute atomic E-state index is 0.00339. The molecule has 25 heavy (non-hydrogen) atoms. The lowest BCUT2D eigenvalue weighted by atomic mass is 9.98. The molecule has 3 atom stereocenters. The van der Waals surface area contributed by atoms with Gasteiger partial charge in [-0.1, -0.05) is 36.4 Å². The van der Waals surface area contributed by atoms with E-state index in [9.17, 15) is 14.3 Å². The standard InChI is InChI=1S/C20H23FN2O2/c1-13(16-5-3-4-14(10-16)12-24)22-18-11-19(25)23(2)20(18)15-6-8-17(21)9-7-15/h3-10,13,18,20,22,24H,11-12H2,1-2H3. The second-order valence-electron chi connectivity index (χ2n) is 6.60. The Bertz CT molecular complexity index is 748. The number of halogens is 1. The van der Waals surface area contributed by atoms with Gasteiger partial charge in [0.25, 0.3) is 0 Å². The number of hydrogen-bond acceptors (Lipinski definition) is 3. The lowest BCUT2D eigenvalue weighted by Crippen LogP contribution is -2.36. The summed E-state index contributed by atoms with van der Waals surface area (Å²) in [4.78, 5) is 14.0. The van der Waals surface area contributed by atoms with Crippen molar-refractivity contribution in [2.45, 2.75) is 38.1 Å². The summed E-state index contributed by atoms with van der Waals surface area (Å²) in [6, 6.07) is 13.9. The van der Waals surface area contributed by atoms with E-state index >= 15 is 0 Å². The lowest BCUT2D eigenvalue weighted by Gasteiger charge is -2.28. The number of aliphatic hydroxyl groups excluding tert-OH is 1. The molecule has 0 aliphatic carbocycles. The van der Waals surface area contributed by atoms with Crippen LogP contribution >= 0.6 is 0 Å². The van der Waals surface area contributed by atoms with Gasteiger partial charge in [-0.15, -0.1) is 0 Å². The van der Waals surface area contributed by atoms with Gasteiger partial charge in [-0.2, -0.15) is 0 Å². The smallest absolute Gasteiger partial charge is 0.224 e. The van der Waals surface area contributed by atoms with Gasteiger partial charge in [-0.05, 0) is 35.7 Å². The monoisotopic (exact) mass is 342 g/mol. The zero-order valence-corrected chi connectivity index (χ0v) is 14.4. The number of likely N-dealkylation sites (N-methyl/N-ethyl adjacent to an activating group) is 1. The average Bonchev–Trinajstić information content (AvgIpc) is 2.89. The second-order valence-corrected chi connectivity index (χ2v) is 6.60. The Labute approximate surface area is 147 Å². The van der Waals surface area contributed by atoms with E-state index in [-0.39, 0.29) is 36.5 Å². The van der Waals surface area contributed by atoms with Gasteiger partial charge in [0.2, 0.25) is 5.91 Å². The van der Waals surface area contributed by atoms with Crippen LogP contribution < -0.4 is 5.32 Å². The molecule has 2 aromatic carbocycles. The quantitative estimate of drug-likeness (QED) is 0.878. The molecule has 0 spiro atoms. The van der Waals surface area contributed by atoms with Crippen LogP contribution in [-0.4, -0.2) is 29.0 Å². The van der Waals surface area contributed by atoms with Crippen molar-refractivity contribution < 1.29 is 14.3 Å². The molecule has 1 saturated heterocycles. The Balaban J connectivity index is 1.81. The highest BCUT2D eigenvalue weighted by molar-refractivity contribution is 5.80. The zero-order chi connectivity index (χ0) is 18.0. The predicted octanol–water partition coefficient (Wildman–Crippen LogP) is 2.94. The Morgan fingerprint density at radius 2 is 2.00 bits per heavy atom. The number of carbonyl (C=O) groups is 1. The van der Waals surface area contributed by atoms with Crippen LogP contribution in [0.4, 0.5) is 4.39 Å². The van der Waals surface area contributed by atoms with Crippen molar-refractivity contribution in [3.8, 4) is 0 Å². The third-order valence-electron chi connectivity index (χ3n) is 4.90. The SMILES string of the molecule is CC(NC1CC(=O)N(C)C1c1ccc(F)cc1)c1cccc(CO)c1. The van der Waals surface area contributed by atoms with Gasteiger partial charge < -0.3 is 15.3 Å². The van der Waals surface area contributed by atoms with Gasteiger partial charge in [-0.25, -0.2) is 4.39 Å². The van der Waals surface area contributed by atoms with Crippen LogP contribution in [0.15, 0.2) is 48.5 Å². The summed E-state index contributed by atoms with van der Waals surface area (Å²) in [5.41, 5.74) is 2.84. The van der Waals surface area contributed by atoms with E-state index in [4.69, 9.17) is 0 Å². The molecule has 0 saturated carbocycles. The molecule has 1 heterocycles. The van der Waals surface area contributed by atoms with E-state index in [2.05, 4.69) is 5.32 Å². The zero-order valence-electron chi connectivity index (χ0n) is 14.4. The van der Waals surface area contributed by atoms with Crippen LogP contribution in [0.1, 0.15) is 42.1 Å². The Hall–Kier alpha value is -2.24. The first-order valence-corrected chi connectivity index (χ1v) is 8.46. The molecule has 1 amide bonds. The van der Waals surface area contributed by atoms with E-state index in [0.717, 1.165) is 16.7 Å². The summed E-state index contributed by atoms with van der Waals surface area (Å²) in [6.45, 7) is 2.05. The van der Waals surface area contributed by atoms with Crippen molar-refractivity contribution in [1.29, 1.82) is 0 Å². The van der Waals surface area contributed by atoms with Crippen LogP contribution in [0.2, 0.25) is 0 Å². The van der Waals surface area contributed by atoms with E-state index < -0.39 is 0 Å². The van der Waals surface area contributed by atoms with Crippen LogP contribution in [0.25, 0.3) is 0 Å². The topological polar surface area (TPSA) is 52.6 Å². The summed E-state index contributed by atoms with van der Waals surface area (Å²) in [7, 11) is 1.79. The van der Waals surface area contributed by atoms with E-state index in [1.54, 1.807) is 24.1 Å². The molecule has 3 unspecified atom stereocenters. The molecule has 0 bridgehead atoms. The van der Waals surface area contributed by atoms with Gasteiger partial charge in [0.15, 0.2) is 0 Å². The fraction of sp³-hybridized carbons (Fsp3) is 0.350. The minimum Gasteiger partial charge on any atom is -0.392 e. The Kier molecular flexibility index (Phi) is 5.16. The van der Waals surface area contributed by atoms with Gasteiger partial charge >= 0.3 is 0 Å². The number of benzene rings is 2. The van der Waals surface area contributed by atoms with Crippen LogP contribution in [0.5, 0.6) is 0 Å². The molecule has 1 aliphatic rings. The number of aliphatic hydroxyl groups is 1. The van der Waals surface area contributed by atoms with Gasteiger partial charge in [0.05, 0.1) is 12.6 Å². The molecule has 0 radical (unpaired) electrons. The number of likely N-dealkylation sites (tertiary alicyclic amines) is 1. The molecule has 2 N–H and O–H groups in total. The predicted molar refractivity (Wildman–Crippen MR) is 94.2 cm³/mol. The van der Waals surface area contributed by atoms with Crippen LogP contribution in [0, 0.1) is 5.82 Å². The number of nitrogens with one attached hydrogen (secondary N) is 1. The number of carbonyl (C=O) groups excluding carboxylic acids is 1. The maximum atomic E-state index is 13.2. The Morgan fingerprint density at radius 1 is 1.28 bits per heavy atom. The maximum Gasteiger partial charge on any atom is 0.224 e. The summed E-state index contributed by atoms with van der Waals surface area (Å²) in [5.74, 6) is -0.211. The normalized spacial score (nSPS) is 21.6. The molecule has 2 aromatic rings. The number of hydrogen-bond donors (Lipinski definition) is 2. The van der Waals surface area contributed by atoms with Crippen LogP contribution in [0.3, 0.4) is 0 Å². The molecule has 4 nitrogen and oxygen atoms in total. The van der Waals surface area contributed by atoms with E-state index in [1.165, 1.54) is 12.1 Å². The van der Waals surface area contributed by atoms with Gasteiger partial charge in [0, 0.05) is 25.6 Å². The number of nitrogens with zero attached hydrogens (tertiary/aromatic N) is 1. The van der Waals surface area contributed by atoms with Crippen molar-refractivity contribution in [1.82, 2.24) is 10.2 Å². The van der Waals surface area contributed by atoms with E-state index in [0.29, 0.717) is 6.42 Å². The van der Waals surface area contributed by atoms with Gasteiger partial charge in [0.1, 0.15) is 5.82 Å². The average molecular weight is 342 g/mol. The van der Waals surface area contributed by atoms with Crippen molar-refractivity contribution in [3.63, 3.8) is 0 Å². The molecular weight excluding hydrogens is 319 g/mol. The van der Waals surface area contributed by atoms with Crippen molar-refractivity contribution >= 4 is 5.91 Å².